The molecule has 0 bridgehead atoms. The van der Waals surface area contributed by atoms with Gasteiger partial charge in [-0.05, 0) is 41.8 Å². The van der Waals surface area contributed by atoms with E-state index < -0.39 is 0 Å². The number of nitrogens with one attached hydrogen (secondary N) is 1. The number of anilines is 1. The average molecular weight is 270 g/mol. The number of hydrogen-bond acceptors (Lipinski definition) is 3. The Morgan fingerprint density at radius 1 is 1.10 bits per heavy atom. The van der Waals surface area contributed by atoms with Crippen LogP contribution in [-0.2, 0) is 13.0 Å². The van der Waals surface area contributed by atoms with E-state index in [4.69, 9.17) is 10.8 Å². The van der Waals surface area contributed by atoms with Gasteiger partial charge in [0, 0.05) is 24.4 Å². The van der Waals surface area contributed by atoms with Gasteiger partial charge in [0.2, 0.25) is 0 Å². The smallest absolute Gasteiger partial charge is 0.255 e. The van der Waals surface area contributed by atoms with Crippen molar-refractivity contribution in [1.29, 1.82) is 0 Å². The van der Waals surface area contributed by atoms with E-state index in [-0.39, 0.29) is 12.5 Å². The Balaban J connectivity index is 2.06. The highest BCUT2D eigenvalue weighted by molar-refractivity contribution is 6.04. The van der Waals surface area contributed by atoms with Crippen LogP contribution in [0.1, 0.15) is 21.5 Å². The van der Waals surface area contributed by atoms with E-state index >= 15 is 0 Å². The molecule has 1 amide bonds. The van der Waals surface area contributed by atoms with E-state index in [0.717, 1.165) is 16.8 Å². The number of benzene rings is 2. The molecule has 0 saturated carbocycles. The SMILES string of the molecule is NCc1cccc(C(=O)Nc2ccc(CCO)cc2)c1. The lowest BCUT2D eigenvalue weighted by Crippen LogP contribution is -2.12. The van der Waals surface area contributed by atoms with Crippen LogP contribution in [0.2, 0.25) is 0 Å². The van der Waals surface area contributed by atoms with Gasteiger partial charge >= 0.3 is 0 Å². The summed E-state index contributed by atoms with van der Waals surface area (Å²) in [4.78, 5) is 12.1. The summed E-state index contributed by atoms with van der Waals surface area (Å²) in [5.74, 6) is -0.157. The minimum atomic E-state index is -0.157. The van der Waals surface area contributed by atoms with Crippen molar-refractivity contribution in [3.05, 3.63) is 65.2 Å². The van der Waals surface area contributed by atoms with Crippen molar-refractivity contribution in [1.82, 2.24) is 0 Å². The highest BCUT2D eigenvalue weighted by Gasteiger charge is 2.06. The van der Waals surface area contributed by atoms with Gasteiger partial charge in [0.15, 0.2) is 0 Å². The van der Waals surface area contributed by atoms with Crippen LogP contribution >= 0.6 is 0 Å². The molecule has 0 radical (unpaired) electrons. The maximum Gasteiger partial charge on any atom is 0.255 e. The van der Waals surface area contributed by atoms with E-state index in [1.54, 1.807) is 12.1 Å². The number of carbonyl (C=O) groups excluding carboxylic acids is 1. The molecule has 2 aromatic rings. The van der Waals surface area contributed by atoms with Crippen molar-refractivity contribution in [2.24, 2.45) is 5.73 Å². The number of amides is 1. The predicted molar refractivity (Wildman–Crippen MR) is 79.5 cm³/mol. The zero-order valence-electron chi connectivity index (χ0n) is 11.2. The number of nitrogens with two attached hydrogens (primary N) is 1. The molecule has 2 aromatic carbocycles. The van der Waals surface area contributed by atoms with Gasteiger partial charge in [0.25, 0.3) is 5.91 Å². The second-order valence-corrected chi connectivity index (χ2v) is 4.53. The quantitative estimate of drug-likeness (QED) is 0.777. The molecule has 0 aliphatic rings. The van der Waals surface area contributed by atoms with Crippen LogP contribution in [0, 0.1) is 0 Å². The van der Waals surface area contributed by atoms with Crippen molar-refractivity contribution >= 4 is 11.6 Å². The largest absolute Gasteiger partial charge is 0.396 e. The maximum atomic E-state index is 12.1. The Labute approximate surface area is 118 Å². The van der Waals surface area contributed by atoms with Crippen LogP contribution in [0.5, 0.6) is 0 Å². The molecule has 0 aliphatic heterocycles. The molecule has 0 aromatic heterocycles. The Bertz CT molecular complexity index is 579. The van der Waals surface area contributed by atoms with Crippen molar-refractivity contribution in [3.63, 3.8) is 0 Å². The van der Waals surface area contributed by atoms with Gasteiger partial charge in [-0.3, -0.25) is 4.79 Å². The van der Waals surface area contributed by atoms with Crippen LogP contribution in [-0.4, -0.2) is 17.6 Å². The summed E-state index contributed by atoms with van der Waals surface area (Å²) < 4.78 is 0. The van der Waals surface area contributed by atoms with Crippen molar-refractivity contribution in [3.8, 4) is 0 Å². The van der Waals surface area contributed by atoms with Gasteiger partial charge in [-0.2, -0.15) is 0 Å². The van der Waals surface area contributed by atoms with Crippen molar-refractivity contribution in [2.45, 2.75) is 13.0 Å². The fraction of sp³-hybridized carbons (Fsp3) is 0.188. The third-order valence-electron chi connectivity index (χ3n) is 3.04. The van der Waals surface area contributed by atoms with Crippen LogP contribution in [0.25, 0.3) is 0 Å². The molecule has 0 unspecified atom stereocenters. The first-order chi connectivity index (χ1) is 9.72. The van der Waals surface area contributed by atoms with Crippen LogP contribution < -0.4 is 11.1 Å². The zero-order chi connectivity index (χ0) is 14.4. The fourth-order valence-electron chi connectivity index (χ4n) is 1.93. The molecule has 20 heavy (non-hydrogen) atoms. The molecule has 0 spiro atoms. The summed E-state index contributed by atoms with van der Waals surface area (Å²) in [5, 5.41) is 11.7. The van der Waals surface area contributed by atoms with E-state index in [1.807, 2.05) is 36.4 Å². The highest BCUT2D eigenvalue weighted by Crippen LogP contribution is 2.12. The van der Waals surface area contributed by atoms with E-state index in [2.05, 4.69) is 5.32 Å². The van der Waals surface area contributed by atoms with E-state index in [1.165, 1.54) is 0 Å². The lowest BCUT2D eigenvalue weighted by atomic mass is 10.1. The second kappa shape index (κ2) is 6.84. The minimum Gasteiger partial charge on any atom is -0.396 e. The summed E-state index contributed by atoms with van der Waals surface area (Å²) in [6.45, 7) is 0.536. The summed E-state index contributed by atoms with van der Waals surface area (Å²) in [7, 11) is 0. The lowest BCUT2D eigenvalue weighted by Gasteiger charge is -2.07. The monoisotopic (exact) mass is 270 g/mol. The molecule has 4 nitrogen and oxygen atoms in total. The summed E-state index contributed by atoms with van der Waals surface area (Å²) in [6.07, 6.45) is 0.618. The number of rotatable bonds is 5. The van der Waals surface area contributed by atoms with E-state index in [9.17, 15) is 4.79 Å². The standard InChI is InChI=1S/C16H18N2O2/c17-11-13-2-1-3-14(10-13)16(20)18-15-6-4-12(5-7-15)8-9-19/h1-7,10,19H,8-9,11,17H2,(H,18,20). The third kappa shape index (κ3) is 3.66. The molecule has 104 valence electrons. The number of aliphatic hydroxyl groups excluding tert-OH is 1. The number of hydrogen-bond donors (Lipinski definition) is 3. The first-order valence-corrected chi connectivity index (χ1v) is 6.53. The Hall–Kier alpha value is -2.17. The van der Waals surface area contributed by atoms with Crippen LogP contribution in [0.4, 0.5) is 5.69 Å². The normalized spacial score (nSPS) is 10.3. The van der Waals surface area contributed by atoms with Crippen molar-refractivity contribution < 1.29 is 9.90 Å². The fourth-order valence-corrected chi connectivity index (χ4v) is 1.93. The van der Waals surface area contributed by atoms with Crippen molar-refractivity contribution in [2.75, 3.05) is 11.9 Å². The zero-order valence-corrected chi connectivity index (χ0v) is 11.2. The molecule has 4 N–H and O–H groups in total. The highest BCUT2D eigenvalue weighted by atomic mass is 16.2. The Morgan fingerprint density at radius 3 is 2.50 bits per heavy atom. The van der Waals surface area contributed by atoms with Gasteiger partial charge in [-0.15, -0.1) is 0 Å². The molecule has 0 atom stereocenters. The molecule has 0 fully saturated rings. The Morgan fingerprint density at radius 2 is 1.85 bits per heavy atom. The lowest BCUT2D eigenvalue weighted by molar-refractivity contribution is 0.102. The Kier molecular flexibility index (Phi) is 4.87. The number of carbonyl (C=O) groups is 1. The maximum absolute atomic E-state index is 12.1. The summed E-state index contributed by atoms with van der Waals surface area (Å²) in [6, 6.07) is 14.7. The third-order valence-corrected chi connectivity index (χ3v) is 3.04. The molecule has 0 heterocycles. The molecule has 4 heteroatoms. The second-order valence-electron chi connectivity index (χ2n) is 4.53. The summed E-state index contributed by atoms with van der Waals surface area (Å²) in [5.41, 5.74) is 8.85. The molecule has 0 aliphatic carbocycles. The molecular formula is C16H18N2O2. The van der Waals surface area contributed by atoms with Gasteiger partial charge in [-0.25, -0.2) is 0 Å². The number of aliphatic hydroxyl groups is 1. The minimum absolute atomic E-state index is 0.123. The topological polar surface area (TPSA) is 75.4 Å². The van der Waals surface area contributed by atoms with Gasteiger partial charge in [0.05, 0.1) is 0 Å². The predicted octanol–water partition coefficient (Wildman–Crippen LogP) is 1.93. The molecular weight excluding hydrogens is 252 g/mol. The molecule has 0 saturated heterocycles. The van der Waals surface area contributed by atoms with Crippen LogP contribution in [0.3, 0.4) is 0 Å². The van der Waals surface area contributed by atoms with Crippen LogP contribution in [0.15, 0.2) is 48.5 Å². The van der Waals surface area contributed by atoms with E-state index in [0.29, 0.717) is 18.5 Å². The first kappa shape index (κ1) is 14.2. The summed E-state index contributed by atoms with van der Waals surface area (Å²) >= 11 is 0. The van der Waals surface area contributed by atoms with Gasteiger partial charge in [-0.1, -0.05) is 24.3 Å². The van der Waals surface area contributed by atoms with Gasteiger partial charge in [0.1, 0.15) is 0 Å². The van der Waals surface area contributed by atoms with Gasteiger partial charge < -0.3 is 16.2 Å². The average Bonchev–Trinajstić information content (AvgIpc) is 2.49. The molecule has 2 rings (SSSR count). The first-order valence-electron chi connectivity index (χ1n) is 6.53.